The molecule has 1 N–H and O–H groups in total. The zero-order valence-corrected chi connectivity index (χ0v) is 16.7. The lowest BCUT2D eigenvalue weighted by atomic mass is 9.97. The maximum Gasteiger partial charge on any atom is 0.242 e. The van der Waals surface area contributed by atoms with Crippen molar-refractivity contribution >= 4 is 39.9 Å². The predicted octanol–water partition coefficient (Wildman–Crippen LogP) is 2.14. The minimum atomic E-state index is -0.285. The Labute approximate surface area is 172 Å². The molecular formula is C20H22N4O4S. The molecule has 152 valence electrons. The van der Waals surface area contributed by atoms with Gasteiger partial charge in [0, 0.05) is 24.7 Å². The third kappa shape index (κ3) is 4.40. The van der Waals surface area contributed by atoms with Crippen LogP contribution in [0.2, 0.25) is 0 Å². The van der Waals surface area contributed by atoms with Crippen LogP contribution in [0, 0.1) is 5.92 Å². The molecule has 2 aromatic rings. The van der Waals surface area contributed by atoms with Crippen LogP contribution in [0.5, 0.6) is 5.75 Å². The van der Waals surface area contributed by atoms with Crippen LogP contribution < -0.4 is 15.0 Å². The van der Waals surface area contributed by atoms with E-state index in [1.54, 1.807) is 28.6 Å². The van der Waals surface area contributed by atoms with Crippen molar-refractivity contribution in [1.82, 2.24) is 9.88 Å². The maximum absolute atomic E-state index is 13.0. The number of anilines is 2. The first-order valence-electron chi connectivity index (χ1n) is 9.62. The van der Waals surface area contributed by atoms with E-state index < -0.39 is 0 Å². The zero-order valence-electron chi connectivity index (χ0n) is 15.9. The Balaban J connectivity index is 1.42. The molecule has 0 spiro atoms. The molecule has 0 bridgehead atoms. The zero-order chi connectivity index (χ0) is 20.2. The highest BCUT2D eigenvalue weighted by molar-refractivity contribution is 7.13. The summed E-state index contributed by atoms with van der Waals surface area (Å²) in [4.78, 5) is 45.3. The number of aromatic nitrogens is 1. The Kier molecular flexibility index (Phi) is 5.75. The minimum absolute atomic E-state index is 0.0555. The fourth-order valence-electron chi connectivity index (χ4n) is 3.64. The number of nitrogens with one attached hydrogen (secondary N) is 1. The highest BCUT2D eigenvalue weighted by atomic mass is 32.1. The summed E-state index contributed by atoms with van der Waals surface area (Å²) in [5, 5.41) is 5.17. The molecule has 1 fully saturated rings. The van der Waals surface area contributed by atoms with E-state index >= 15 is 0 Å². The normalized spacial score (nSPS) is 19.2. The molecule has 9 heteroatoms. The van der Waals surface area contributed by atoms with Crippen LogP contribution in [0.25, 0.3) is 0 Å². The molecule has 1 aromatic carbocycles. The number of carbonyl (C=O) groups excluding carboxylic acids is 3. The van der Waals surface area contributed by atoms with Gasteiger partial charge in [-0.25, -0.2) is 4.98 Å². The number of fused-ring (bicyclic) bond motifs is 1. The number of ether oxygens (including phenoxy) is 1. The van der Waals surface area contributed by atoms with Gasteiger partial charge in [0.25, 0.3) is 0 Å². The number of piperidine rings is 1. The summed E-state index contributed by atoms with van der Waals surface area (Å²) in [5.74, 6) is -0.111. The van der Waals surface area contributed by atoms with Crippen LogP contribution in [0.3, 0.4) is 0 Å². The summed E-state index contributed by atoms with van der Waals surface area (Å²) >= 11 is 1.36. The lowest BCUT2D eigenvalue weighted by Gasteiger charge is -2.33. The smallest absolute Gasteiger partial charge is 0.242 e. The first kappa shape index (κ1) is 19.4. The first-order valence-corrected chi connectivity index (χ1v) is 10.5. The second-order valence-corrected chi connectivity index (χ2v) is 7.95. The molecule has 29 heavy (non-hydrogen) atoms. The van der Waals surface area contributed by atoms with Crippen LogP contribution in [0.15, 0.2) is 35.8 Å². The minimum Gasteiger partial charge on any atom is -0.491 e. The number of rotatable bonds is 4. The van der Waals surface area contributed by atoms with E-state index in [1.165, 1.54) is 16.2 Å². The van der Waals surface area contributed by atoms with Gasteiger partial charge in [0.1, 0.15) is 12.3 Å². The number of carbonyl (C=O) groups is 3. The van der Waals surface area contributed by atoms with Gasteiger partial charge in [-0.15, -0.1) is 11.3 Å². The molecule has 3 amide bonds. The van der Waals surface area contributed by atoms with Gasteiger partial charge in [0.15, 0.2) is 5.13 Å². The molecule has 0 aliphatic carbocycles. The monoisotopic (exact) mass is 414 g/mol. The van der Waals surface area contributed by atoms with Gasteiger partial charge in [0.2, 0.25) is 17.7 Å². The number of amides is 3. The van der Waals surface area contributed by atoms with Crippen LogP contribution in [-0.2, 0) is 14.4 Å². The summed E-state index contributed by atoms with van der Waals surface area (Å²) in [6, 6.07) is 7.24. The second-order valence-electron chi connectivity index (χ2n) is 7.05. The van der Waals surface area contributed by atoms with E-state index in [4.69, 9.17) is 4.74 Å². The lowest BCUT2D eigenvalue weighted by molar-refractivity contribution is -0.134. The third-order valence-electron chi connectivity index (χ3n) is 5.13. The fourth-order valence-corrected chi connectivity index (χ4v) is 4.17. The Morgan fingerprint density at radius 2 is 2.17 bits per heavy atom. The van der Waals surface area contributed by atoms with Crippen LogP contribution in [-0.4, -0.2) is 53.8 Å². The number of likely N-dealkylation sites (tertiary alicyclic amines) is 1. The molecule has 8 nitrogen and oxygen atoms in total. The van der Waals surface area contributed by atoms with Crippen molar-refractivity contribution in [1.29, 1.82) is 0 Å². The summed E-state index contributed by atoms with van der Waals surface area (Å²) in [7, 11) is 0. The fraction of sp³-hybridized carbons (Fsp3) is 0.400. The standard InChI is InChI=1S/C20H22N4O4S/c25-17-7-10-28-16-6-2-1-5-15(16)24(17)13-18(26)23-9-3-4-14(12-23)19(27)22-20-21-8-11-29-20/h1-2,5-6,8,11,14H,3-4,7,9-10,12-13H2,(H,21,22,27). The van der Waals surface area contributed by atoms with E-state index in [0.29, 0.717) is 36.3 Å². The Morgan fingerprint density at radius 3 is 3.00 bits per heavy atom. The van der Waals surface area contributed by atoms with E-state index in [-0.39, 0.29) is 36.6 Å². The number of nitrogens with zero attached hydrogens (tertiary/aromatic N) is 3. The number of hydrogen-bond donors (Lipinski definition) is 1. The van der Waals surface area contributed by atoms with Crippen molar-refractivity contribution < 1.29 is 19.1 Å². The van der Waals surface area contributed by atoms with Crippen molar-refractivity contribution in [2.45, 2.75) is 19.3 Å². The quantitative estimate of drug-likeness (QED) is 0.828. The van der Waals surface area contributed by atoms with E-state index in [1.807, 2.05) is 12.1 Å². The molecule has 1 saturated heterocycles. The Hall–Kier alpha value is -2.94. The summed E-state index contributed by atoms with van der Waals surface area (Å²) in [5.41, 5.74) is 0.610. The Morgan fingerprint density at radius 1 is 1.31 bits per heavy atom. The average molecular weight is 414 g/mol. The average Bonchev–Trinajstić information content (AvgIpc) is 3.20. The summed E-state index contributed by atoms with van der Waals surface area (Å²) in [6.07, 6.45) is 3.33. The van der Waals surface area contributed by atoms with Crippen LogP contribution in [0.1, 0.15) is 19.3 Å². The maximum atomic E-state index is 13.0. The van der Waals surface area contributed by atoms with Crippen molar-refractivity contribution in [3.8, 4) is 5.75 Å². The van der Waals surface area contributed by atoms with Gasteiger partial charge >= 0.3 is 0 Å². The molecule has 0 radical (unpaired) electrons. The second kappa shape index (κ2) is 8.60. The number of thiazole rings is 1. The van der Waals surface area contributed by atoms with Crippen molar-refractivity contribution in [2.24, 2.45) is 5.92 Å². The molecule has 4 rings (SSSR count). The molecule has 1 aromatic heterocycles. The summed E-state index contributed by atoms with van der Waals surface area (Å²) in [6.45, 7) is 1.17. The lowest BCUT2D eigenvalue weighted by Crippen LogP contribution is -2.48. The predicted molar refractivity (Wildman–Crippen MR) is 109 cm³/mol. The number of para-hydroxylation sites is 2. The Bertz CT molecular complexity index is 902. The molecule has 3 heterocycles. The van der Waals surface area contributed by atoms with Gasteiger partial charge in [0.05, 0.1) is 24.6 Å². The van der Waals surface area contributed by atoms with Gasteiger partial charge in [-0.05, 0) is 25.0 Å². The number of hydrogen-bond acceptors (Lipinski definition) is 6. The van der Waals surface area contributed by atoms with Crippen molar-refractivity contribution in [3.63, 3.8) is 0 Å². The molecule has 2 aliphatic rings. The van der Waals surface area contributed by atoms with E-state index in [0.717, 1.165) is 12.8 Å². The van der Waals surface area contributed by atoms with E-state index in [2.05, 4.69) is 10.3 Å². The van der Waals surface area contributed by atoms with Gasteiger partial charge < -0.3 is 15.0 Å². The summed E-state index contributed by atoms with van der Waals surface area (Å²) < 4.78 is 5.63. The topological polar surface area (TPSA) is 91.8 Å². The van der Waals surface area contributed by atoms with Crippen LogP contribution in [0.4, 0.5) is 10.8 Å². The van der Waals surface area contributed by atoms with E-state index in [9.17, 15) is 14.4 Å². The van der Waals surface area contributed by atoms with Crippen molar-refractivity contribution in [2.75, 3.05) is 36.5 Å². The molecule has 2 aliphatic heterocycles. The molecular weight excluding hydrogens is 392 g/mol. The molecule has 1 unspecified atom stereocenters. The van der Waals surface area contributed by atoms with Gasteiger partial charge in [-0.1, -0.05) is 12.1 Å². The van der Waals surface area contributed by atoms with Gasteiger partial charge in [-0.2, -0.15) is 0 Å². The SMILES string of the molecule is O=C(Nc1nccs1)C1CCCN(C(=O)CN2C(=O)CCOc3ccccc32)C1. The van der Waals surface area contributed by atoms with Gasteiger partial charge in [-0.3, -0.25) is 19.3 Å². The highest BCUT2D eigenvalue weighted by Gasteiger charge is 2.31. The molecule has 1 atom stereocenters. The van der Waals surface area contributed by atoms with Crippen molar-refractivity contribution in [3.05, 3.63) is 35.8 Å². The first-order chi connectivity index (χ1) is 14.1. The largest absolute Gasteiger partial charge is 0.491 e. The number of benzene rings is 1. The molecule has 0 saturated carbocycles. The van der Waals surface area contributed by atoms with Crippen LogP contribution >= 0.6 is 11.3 Å². The highest BCUT2D eigenvalue weighted by Crippen LogP contribution is 2.31. The third-order valence-corrected chi connectivity index (χ3v) is 5.82.